The highest BCUT2D eigenvalue weighted by molar-refractivity contribution is 6.14. The van der Waals surface area contributed by atoms with Crippen molar-refractivity contribution >= 4 is 17.8 Å². The number of carbonyl (C=O) groups is 2. The second kappa shape index (κ2) is 11.6. The van der Waals surface area contributed by atoms with E-state index < -0.39 is 23.5 Å². The van der Waals surface area contributed by atoms with Gasteiger partial charge in [0.25, 0.3) is 5.91 Å². The Labute approximate surface area is 226 Å². The normalized spacial score (nSPS) is 15.3. The molecule has 0 radical (unpaired) electrons. The average Bonchev–Trinajstić information content (AvgIpc) is 3.58. The molecule has 1 N–H and O–H groups in total. The Morgan fingerprint density at radius 3 is 2.41 bits per heavy atom. The second-order valence-electron chi connectivity index (χ2n) is 8.97. The van der Waals surface area contributed by atoms with Crippen molar-refractivity contribution in [3.05, 3.63) is 137 Å². The smallest absolute Gasteiger partial charge is 0.290 e. The number of ketones is 1. The fraction of sp³-hybridized carbons (Fsp3) is 0.125. The molecule has 2 heterocycles. The molecule has 1 aliphatic heterocycles. The quantitative estimate of drug-likeness (QED) is 0.256. The molecular formula is C32H27NO6. The zero-order valence-corrected chi connectivity index (χ0v) is 21.3. The van der Waals surface area contributed by atoms with Crippen LogP contribution in [0.15, 0.2) is 119 Å². The Balaban J connectivity index is 1.49. The lowest BCUT2D eigenvalue weighted by Crippen LogP contribution is -2.30. The first-order chi connectivity index (χ1) is 19.0. The van der Waals surface area contributed by atoms with Crippen LogP contribution in [-0.2, 0) is 22.7 Å². The molecule has 0 spiro atoms. The number of amides is 1. The average molecular weight is 522 g/mol. The molecule has 0 saturated carbocycles. The van der Waals surface area contributed by atoms with Crippen molar-refractivity contribution in [1.82, 2.24) is 4.90 Å². The molecule has 0 fully saturated rings. The fourth-order valence-corrected chi connectivity index (χ4v) is 4.52. The summed E-state index contributed by atoms with van der Waals surface area (Å²) in [5.41, 5.74) is 2.39. The molecular weight excluding hydrogens is 494 g/mol. The van der Waals surface area contributed by atoms with E-state index in [1.54, 1.807) is 36.4 Å². The lowest BCUT2D eigenvalue weighted by atomic mass is 9.95. The Kier molecular flexibility index (Phi) is 7.59. The molecule has 196 valence electrons. The number of hydrogen-bond acceptors (Lipinski definition) is 6. The van der Waals surface area contributed by atoms with E-state index in [1.165, 1.54) is 24.3 Å². The minimum atomic E-state index is -0.868. The van der Waals surface area contributed by atoms with Gasteiger partial charge in [-0.3, -0.25) is 9.59 Å². The largest absolute Gasteiger partial charge is 0.503 e. The maximum absolute atomic E-state index is 13.4. The van der Waals surface area contributed by atoms with Gasteiger partial charge in [-0.1, -0.05) is 72.8 Å². The molecule has 0 bridgehead atoms. The van der Waals surface area contributed by atoms with E-state index in [2.05, 4.69) is 0 Å². The number of nitrogens with zero attached hydrogens (tertiary/aromatic N) is 1. The van der Waals surface area contributed by atoms with Gasteiger partial charge in [0.05, 0.1) is 31.5 Å². The van der Waals surface area contributed by atoms with Crippen LogP contribution >= 0.6 is 0 Å². The number of carbonyl (C=O) groups excluding carboxylic acids is 2. The highest BCUT2D eigenvalue weighted by Gasteiger charge is 2.43. The van der Waals surface area contributed by atoms with Crippen LogP contribution in [-0.4, -0.2) is 28.8 Å². The molecule has 3 aromatic carbocycles. The number of aliphatic hydroxyl groups is 1. The van der Waals surface area contributed by atoms with Crippen LogP contribution in [0.3, 0.4) is 0 Å². The summed E-state index contributed by atoms with van der Waals surface area (Å²) in [7, 11) is 1.52. The van der Waals surface area contributed by atoms with E-state index in [0.29, 0.717) is 29.4 Å². The van der Waals surface area contributed by atoms with Gasteiger partial charge in [0, 0.05) is 0 Å². The number of benzene rings is 3. The maximum atomic E-state index is 13.4. The van der Waals surface area contributed by atoms with Gasteiger partial charge in [0.1, 0.15) is 12.4 Å². The van der Waals surface area contributed by atoms with Crippen LogP contribution in [0.2, 0.25) is 0 Å². The molecule has 5 rings (SSSR count). The number of hydrogen-bond donors (Lipinski definition) is 1. The SMILES string of the molecule is COc1cc(C2C(C(=O)C=Cc3ccccc3)=C(O)C(=O)N2Cc2ccco2)ccc1OCc1ccccc1. The van der Waals surface area contributed by atoms with Crippen LogP contribution in [0.1, 0.15) is 28.5 Å². The summed E-state index contributed by atoms with van der Waals surface area (Å²) in [5, 5.41) is 10.9. The number of aliphatic hydroxyl groups excluding tert-OH is 1. The zero-order chi connectivity index (χ0) is 27.2. The molecule has 7 heteroatoms. The molecule has 4 aromatic rings. The van der Waals surface area contributed by atoms with Crippen LogP contribution in [0, 0.1) is 0 Å². The molecule has 39 heavy (non-hydrogen) atoms. The first-order valence-corrected chi connectivity index (χ1v) is 12.4. The highest BCUT2D eigenvalue weighted by atomic mass is 16.5. The molecule has 1 amide bonds. The van der Waals surface area contributed by atoms with Crippen LogP contribution in [0.5, 0.6) is 11.5 Å². The molecule has 1 atom stereocenters. The van der Waals surface area contributed by atoms with Crippen molar-refractivity contribution < 1.29 is 28.6 Å². The van der Waals surface area contributed by atoms with Crippen molar-refractivity contribution in [2.45, 2.75) is 19.2 Å². The Morgan fingerprint density at radius 2 is 1.72 bits per heavy atom. The van der Waals surface area contributed by atoms with E-state index in [-0.39, 0.29) is 12.1 Å². The Bertz CT molecular complexity index is 1510. The van der Waals surface area contributed by atoms with Crippen molar-refractivity contribution in [1.29, 1.82) is 0 Å². The van der Waals surface area contributed by atoms with Crippen LogP contribution < -0.4 is 9.47 Å². The first-order valence-electron chi connectivity index (χ1n) is 12.4. The van der Waals surface area contributed by atoms with Gasteiger partial charge >= 0.3 is 0 Å². The van der Waals surface area contributed by atoms with Gasteiger partial charge < -0.3 is 23.9 Å². The van der Waals surface area contributed by atoms with Crippen LogP contribution in [0.4, 0.5) is 0 Å². The third kappa shape index (κ3) is 5.62. The zero-order valence-electron chi connectivity index (χ0n) is 21.3. The lowest BCUT2D eigenvalue weighted by molar-refractivity contribution is -0.130. The Morgan fingerprint density at radius 1 is 0.974 bits per heavy atom. The van der Waals surface area contributed by atoms with Gasteiger partial charge in [-0.2, -0.15) is 0 Å². The van der Waals surface area contributed by atoms with Gasteiger partial charge in [0.15, 0.2) is 23.0 Å². The third-order valence-electron chi connectivity index (χ3n) is 6.44. The summed E-state index contributed by atoms with van der Waals surface area (Å²) in [6.45, 7) is 0.409. The predicted octanol–water partition coefficient (Wildman–Crippen LogP) is 6.05. The summed E-state index contributed by atoms with van der Waals surface area (Å²) >= 11 is 0. The highest BCUT2D eigenvalue weighted by Crippen LogP contribution is 2.42. The maximum Gasteiger partial charge on any atom is 0.290 e. The number of allylic oxidation sites excluding steroid dienone is 1. The van der Waals surface area contributed by atoms with Crippen molar-refractivity contribution in [2.24, 2.45) is 0 Å². The van der Waals surface area contributed by atoms with E-state index in [1.807, 2.05) is 60.7 Å². The molecule has 7 nitrogen and oxygen atoms in total. The third-order valence-corrected chi connectivity index (χ3v) is 6.44. The molecule has 0 aliphatic carbocycles. The molecule has 1 unspecified atom stereocenters. The Hall–Kier alpha value is -5.04. The summed E-state index contributed by atoms with van der Waals surface area (Å²) in [6, 6.07) is 26.9. The number of methoxy groups -OCH3 is 1. The van der Waals surface area contributed by atoms with E-state index in [4.69, 9.17) is 13.9 Å². The minimum Gasteiger partial charge on any atom is -0.503 e. The predicted molar refractivity (Wildman–Crippen MR) is 146 cm³/mol. The summed E-state index contributed by atoms with van der Waals surface area (Å²) in [4.78, 5) is 28.1. The van der Waals surface area contributed by atoms with Crippen LogP contribution in [0.25, 0.3) is 6.08 Å². The fourth-order valence-electron chi connectivity index (χ4n) is 4.52. The van der Waals surface area contributed by atoms with Gasteiger partial charge in [0.2, 0.25) is 0 Å². The van der Waals surface area contributed by atoms with E-state index in [0.717, 1.165) is 11.1 Å². The van der Waals surface area contributed by atoms with Crippen molar-refractivity contribution in [2.75, 3.05) is 7.11 Å². The molecule has 1 aromatic heterocycles. The summed E-state index contributed by atoms with van der Waals surface area (Å²) < 4.78 is 17.1. The number of furan rings is 1. The minimum absolute atomic E-state index is 0.0151. The lowest BCUT2D eigenvalue weighted by Gasteiger charge is -2.26. The topological polar surface area (TPSA) is 89.2 Å². The van der Waals surface area contributed by atoms with Gasteiger partial charge in [-0.15, -0.1) is 0 Å². The van der Waals surface area contributed by atoms with E-state index >= 15 is 0 Å². The second-order valence-corrected chi connectivity index (χ2v) is 8.97. The summed E-state index contributed by atoms with van der Waals surface area (Å²) in [5.74, 6) is -0.248. The van der Waals surface area contributed by atoms with E-state index in [9.17, 15) is 14.7 Å². The van der Waals surface area contributed by atoms with Gasteiger partial charge in [-0.25, -0.2) is 0 Å². The molecule has 1 aliphatic rings. The number of rotatable bonds is 10. The van der Waals surface area contributed by atoms with Gasteiger partial charge in [-0.05, 0) is 47.0 Å². The standard InChI is InChI=1S/C32H27NO6/c1-37-28-19-24(15-17-27(28)39-21-23-11-6-3-7-12-23)30-29(26(34)16-14-22-9-4-2-5-10-22)31(35)32(36)33(30)20-25-13-8-18-38-25/h2-19,30,35H,20-21H2,1H3. The van der Waals surface area contributed by atoms with Crippen molar-refractivity contribution in [3.63, 3.8) is 0 Å². The summed E-state index contributed by atoms with van der Waals surface area (Å²) in [6.07, 6.45) is 4.53. The monoisotopic (exact) mass is 521 g/mol. The molecule has 0 saturated heterocycles. The number of ether oxygens (including phenoxy) is 2. The first kappa shape index (κ1) is 25.6. The van der Waals surface area contributed by atoms with Crippen molar-refractivity contribution in [3.8, 4) is 11.5 Å².